The first-order valence-corrected chi connectivity index (χ1v) is 10.7. The second-order valence-corrected chi connectivity index (χ2v) is 8.79. The summed E-state index contributed by atoms with van der Waals surface area (Å²) in [6.45, 7) is 0.678. The number of anilines is 2. The zero-order chi connectivity index (χ0) is 20.9. The molecule has 1 aliphatic rings. The van der Waals surface area contributed by atoms with Crippen LogP contribution in [0.5, 0.6) is 0 Å². The van der Waals surface area contributed by atoms with E-state index in [0.29, 0.717) is 30.1 Å². The highest BCUT2D eigenvalue weighted by molar-refractivity contribution is 7.92. The Morgan fingerprint density at radius 2 is 2.00 bits per heavy atom. The Kier molecular flexibility index (Phi) is 4.21. The Balaban J connectivity index is 1.43. The van der Waals surface area contributed by atoms with E-state index in [-0.39, 0.29) is 4.90 Å². The monoisotopic (exact) mass is 427 g/mol. The first kappa shape index (κ1) is 18.6. The molecule has 0 atom stereocenters. The molecule has 5 rings (SSSR count). The minimum Gasteiger partial charge on any atom is -0.365 e. The fourth-order valence-corrected chi connectivity index (χ4v) is 4.45. The highest BCUT2D eigenvalue weighted by atomic mass is 32.2. The molecular weight excluding hydrogens is 409 g/mol. The summed E-state index contributed by atoms with van der Waals surface area (Å²) in [5, 5.41) is 9.15. The number of halogens is 1. The molecule has 1 aliphatic heterocycles. The van der Waals surface area contributed by atoms with E-state index in [9.17, 15) is 12.8 Å². The van der Waals surface area contributed by atoms with E-state index < -0.39 is 16.2 Å². The highest BCUT2D eigenvalue weighted by Crippen LogP contribution is 2.26. The van der Waals surface area contributed by atoms with Gasteiger partial charge < -0.3 is 4.90 Å². The lowest BCUT2D eigenvalue weighted by atomic mass is 10.1. The number of para-hydroxylation sites is 1. The van der Waals surface area contributed by atoms with Gasteiger partial charge in [-0.25, -0.2) is 22.5 Å². The van der Waals surface area contributed by atoms with Gasteiger partial charge in [0.25, 0.3) is 10.0 Å². The molecule has 0 bridgehead atoms. The number of aryl methyl sites for hydroxylation is 1. The number of benzene rings is 1. The molecule has 0 unspecified atom stereocenters. The second-order valence-electron chi connectivity index (χ2n) is 7.11. The van der Waals surface area contributed by atoms with Crippen molar-refractivity contribution < 1.29 is 12.8 Å². The molecule has 0 amide bonds. The van der Waals surface area contributed by atoms with Crippen molar-refractivity contribution in [2.75, 3.05) is 22.7 Å². The molecule has 154 valence electrons. The molecule has 3 aromatic heterocycles. The molecule has 0 radical (unpaired) electrons. The maximum absolute atomic E-state index is 13.1. The van der Waals surface area contributed by atoms with E-state index in [1.54, 1.807) is 48.4 Å². The third-order valence-corrected chi connectivity index (χ3v) is 6.36. The molecule has 1 aromatic carbocycles. The number of hydrogen-bond donors (Lipinski definition) is 1. The molecule has 11 heteroatoms. The first-order chi connectivity index (χ1) is 14.4. The van der Waals surface area contributed by atoms with E-state index in [2.05, 4.69) is 19.9 Å². The SMILES string of the molecule is Cn1ncc2cccc(NS(=O)(=O)c3cnn(-c4cc(N5CC(F)C5)ccn4)c3)c21. The van der Waals surface area contributed by atoms with Crippen LogP contribution in [0.1, 0.15) is 0 Å². The Hall–Kier alpha value is -3.47. The van der Waals surface area contributed by atoms with Crippen molar-refractivity contribution in [3.05, 3.63) is 55.1 Å². The van der Waals surface area contributed by atoms with Crippen LogP contribution in [0, 0.1) is 0 Å². The van der Waals surface area contributed by atoms with Crippen molar-refractivity contribution in [1.29, 1.82) is 0 Å². The molecule has 1 fully saturated rings. The van der Waals surface area contributed by atoms with Crippen LogP contribution < -0.4 is 9.62 Å². The quantitative estimate of drug-likeness (QED) is 0.524. The Morgan fingerprint density at radius 3 is 2.80 bits per heavy atom. The second kappa shape index (κ2) is 6.80. The predicted octanol–water partition coefficient (Wildman–Crippen LogP) is 2.11. The number of fused-ring (bicyclic) bond motifs is 1. The molecule has 4 aromatic rings. The van der Waals surface area contributed by atoms with Crippen LogP contribution in [0.2, 0.25) is 0 Å². The summed E-state index contributed by atoms with van der Waals surface area (Å²) in [6, 6.07) is 8.84. The number of hydrogen-bond acceptors (Lipinski definition) is 6. The summed E-state index contributed by atoms with van der Waals surface area (Å²) >= 11 is 0. The van der Waals surface area contributed by atoms with Crippen molar-refractivity contribution in [3.63, 3.8) is 0 Å². The van der Waals surface area contributed by atoms with Crippen molar-refractivity contribution in [2.24, 2.45) is 7.05 Å². The maximum atomic E-state index is 13.1. The number of nitrogens with zero attached hydrogens (tertiary/aromatic N) is 6. The maximum Gasteiger partial charge on any atom is 0.265 e. The fraction of sp³-hybridized carbons (Fsp3) is 0.211. The number of alkyl halides is 1. The number of nitrogens with one attached hydrogen (secondary N) is 1. The van der Waals surface area contributed by atoms with Crippen molar-refractivity contribution in [1.82, 2.24) is 24.5 Å². The van der Waals surface area contributed by atoms with Crippen molar-refractivity contribution >= 4 is 32.3 Å². The minimum atomic E-state index is -3.88. The average Bonchev–Trinajstić information content (AvgIpc) is 3.34. The number of aromatic nitrogens is 5. The Labute approximate surface area is 171 Å². The summed E-state index contributed by atoms with van der Waals surface area (Å²) < 4.78 is 44.6. The lowest BCUT2D eigenvalue weighted by Crippen LogP contribution is -2.48. The average molecular weight is 427 g/mol. The van der Waals surface area contributed by atoms with Crippen LogP contribution >= 0.6 is 0 Å². The molecular formula is C19H18FN7O2S. The van der Waals surface area contributed by atoms with E-state index in [1.165, 1.54) is 17.1 Å². The van der Waals surface area contributed by atoms with Crippen LogP contribution in [0.4, 0.5) is 15.8 Å². The van der Waals surface area contributed by atoms with E-state index in [4.69, 9.17) is 0 Å². The van der Waals surface area contributed by atoms with Crippen LogP contribution in [0.3, 0.4) is 0 Å². The molecule has 4 heterocycles. The first-order valence-electron chi connectivity index (χ1n) is 9.24. The molecule has 30 heavy (non-hydrogen) atoms. The molecule has 0 aliphatic carbocycles. The van der Waals surface area contributed by atoms with Gasteiger partial charge in [-0.1, -0.05) is 12.1 Å². The molecule has 0 saturated carbocycles. The topological polar surface area (TPSA) is 97.9 Å². The summed E-state index contributed by atoms with van der Waals surface area (Å²) in [5.41, 5.74) is 1.93. The van der Waals surface area contributed by atoms with Crippen LogP contribution in [0.15, 0.2) is 60.0 Å². The number of rotatable bonds is 5. The Morgan fingerprint density at radius 1 is 1.17 bits per heavy atom. The van der Waals surface area contributed by atoms with Gasteiger partial charge in [0.05, 0.1) is 42.9 Å². The number of pyridine rings is 1. The zero-order valence-electron chi connectivity index (χ0n) is 16.0. The zero-order valence-corrected chi connectivity index (χ0v) is 16.8. The van der Waals surface area contributed by atoms with Crippen LogP contribution in [0.25, 0.3) is 16.7 Å². The van der Waals surface area contributed by atoms with Crippen LogP contribution in [-0.2, 0) is 17.1 Å². The van der Waals surface area contributed by atoms with Crippen LogP contribution in [-0.4, -0.2) is 52.2 Å². The summed E-state index contributed by atoms with van der Waals surface area (Å²) in [6.07, 6.45) is 5.10. The molecule has 1 saturated heterocycles. The van der Waals surface area contributed by atoms with Gasteiger partial charge in [-0.15, -0.1) is 0 Å². The lowest BCUT2D eigenvalue weighted by Gasteiger charge is -2.36. The van der Waals surface area contributed by atoms with Gasteiger partial charge in [0, 0.05) is 30.4 Å². The van der Waals surface area contributed by atoms with Crippen molar-refractivity contribution in [2.45, 2.75) is 11.1 Å². The van der Waals surface area contributed by atoms with Gasteiger partial charge in [0.2, 0.25) is 0 Å². The summed E-state index contributed by atoms with van der Waals surface area (Å²) in [4.78, 5) is 6.13. The Bertz CT molecular complexity index is 1340. The smallest absolute Gasteiger partial charge is 0.265 e. The lowest BCUT2D eigenvalue weighted by molar-refractivity contribution is 0.275. The standard InChI is InChI=1S/C19H18FN7O2S/c1-25-19-13(8-22-25)3-2-4-17(19)24-30(28,29)16-9-23-27(12-16)18-7-15(5-6-21-18)26-10-14(20)11-26/h2-9,12,14,24H,10-11H2,1H3. The van der Waals surface area contributed by atoms with E-state index in [1.807, 2.05) is 11.0 Å². The minimum absolute atomic E-state index is 0.00152. The van der Waals surface area contributed by atoms with Gasteiger partial charge in [0.1, 0.15) is 11.1 Å². The van der Waals surface area contributed by atoms with E-state index in [0.717, 1.165) is 11.1 Å². The third-order valence-electron chi connectivity index (χ3n) is 5.04. The predicted molar refractivity (Wildman–Crippen MR) is 110 cm³/mol. The molecule has 0 spiro atoms. The highest BCUT2D eigenvalue weighted by Gasteiger charge is 2.26. The molecule has 9 nitrogen and oxygen atoms in total. The van der Waals surface area contributed by atoms with Gasteiger partial charge in [-0.05, 0) is 12.1 Å². The van der Waals surface area contributed by atoms with Gasteiger partial charge in [-0.3, -0.25) is 9.40 Å². The largest absolute Gasteiger partial charge is 0.365 e. The van der Waals surface area contributed by atoms with Gasteiger partial charge in [-0.2, -0.15) is 10.2 Å². The summed E-state index contributed by atoms with van der Waals surface area (Å²) in [5.74, 6) is 0.449. The van der Waals surface area contributed by atoms with Gasteiger partial charge >= 0.3 is 0 Å². The summed E-state index contributed by atoms with van der Waals surface area (Å²) in [7, 11) is -2.13. The third kappa shape index (κ3) is 3.16. The van der Waals surface area contributed by atoms with E-state index >= 15 is 0 Å². The van der Waals surface area contributed by atoms with Crippen molar-refractivity contribution in [3.8, 4) is 5.82 Å². The van der Waals surface area contributed by atoms with Gasteiger partial charge in [0.15, 0.2) is 5.82 Å². The number of sulfonamides is 1. The fourth-order valence-electron chi connectivity index (χ4n) is 3.45. The molecule has 1 N–H and O–H groups in total. The normalized spacial score (nSPS) is 14.8.